The fourth-order valence-corrected chi connectivity index (χ4v) is 0.901. The number of hydroxylamine groups is 1. The smallest absolute Gasteiger partial charge is 0.348 e. The molecule has 0 rings (SSSR count). The number of halogens is 1. The molecule has 0 aliphatic carbocycles. The van der Waals surface area contributed by atoms with E-state index in [9.17, 15) is 4.79 Å². The molecule has 0 heterocycles. The van der Waals surface area contributed by atoms with Crippen molar-refractivity contribution < 1.29 is 26.5 Å². The second-order valence-electron chi connectivity index (χ2n) is 3.85. The molecule has 1 N–H and O–H groups in total. The molecule has 0 aromatic rings. The van der Waals surface area contributed by atoms with Gasteiger partial charge in [0.1, 0.15) is 0 Å². The van der Waals surface area contributed by atoms with Gasteiger partial charge in [0.25, 0.3) is 0 Å². The number of hydrogen-bond acceptors (Lipinski definition) is 3. The normalized spacial score (nSPS) is 10.3. The molecule has 0 saturated heterocycles. The van der Waals surface area contributed by atoms with Gasteiger partial charge in [-0.3, -0.25) is 0 Å². The lowest BCUT2D eigenvalue weighted by Crippen LogP contribution is -3.00. The van der Waals surface area contributed by atoms with Gasteiger partial charge < -0.3 is 21.7 Å². The van der Waals surface area contributed by atoms with E-state index < -0.39 is 5.97 Å². The number of nitrogens with zero attached hydrogens (tertiary/aromatic N) is 1. The van der Waals surface area contributed by atoms with E-state index >= 15 is 0 Å². The van der Waals surface area contributed by atoms with Gasteiger partial charge in [0.2, 0.25) is 0 Å². The van der Waals surface area contributed by atoms with Crippen LogP contribution < -0.4 is 17.9 Å². The third kappa shape index (κ3) is 9.72. The maximum atomic E-state index is 10.6. The van der Waals surface area contributed by atoms with Crippen molar-refractivity contribution in [2.75, 3.05) is 33.7 Å². The summed E-state index contributed by atoms with van der Waals surface area (Å²) in [5, 5.41) is 0. The zero-order valence-electron chi connectivity index (χ0n) is 9.75. The van der Waals surface area contributed by atoms with Crippen molar-refractivity contribution in [1.82, 2.24) is 5.48 Å². The highest BCUT2D eigenvalue weighted by molar-refractivity contribution is 5.80. The Hall–Kier alpha value is -0.580. The van der Waals surface area contributed by atoms with Crippen LogP contribution in [0.25, 0.3) is 0 Å². The van der Waals surface area contributed by atoms with Crippen molar-refractivity contribution in [3.05, 3.63) is 12.7 Å². The van der Waals surface area contributed by atoms with E-state index in [0.29, 0.717) is 6.54 Å². The van der Waals surface area contributed by atoms with E-state index in [0.717, 1.165) is 30.1 Å². The van der Waals surface area contributed by atoms with Crippen molar-refractivity contribution in [3.8, 4) is 0 Å². The highest BCUT2D eigenvalue weighted by Gasteiger charge is 2.10. The average Bonchev–Trinajstić information content (AvgIpc) is 2.17. The zero-order valence-corrected chi connectivity index (χ0v) is 10.5. The van der Waals surface area contributed by atoms with E-state index in [2.05, 4.69) is 37.9 Å². The third-order valence-corrected chi connectivity index (χ3v) is 2.24. The van der Waals surface area contributed by atoms with Gasteiger partial charge in [-0.2, -0.15) is 5.48 Å². The Morgan fingerprint density at radius 3 is 2.60 bits per heavy atom. The molecular formula is C10H21ClN2O2. The first kappa shape index (κ1) is 16.8. The molecule has 0 spiro atoms. The predicted octanol–water partition coefficient (Wildman–Crippen LogP) is -2.29. The molecule has 0 aliphatic rings. The Bertz CT molecular complexity index is 196. The minimum Gasteiger partial charge on any atom is -1.00 e. The van der Waals surface area contributed by atoms with Gasteiger partial charge in [-0.25, -0.2) is 4.79 Å². The molecule has 5 heteroatoms. The molecular weight excluding hydrogens is 216 g/mol. The largest absolute Gasteiger partial charge is 1.00 e. The lowest BCUT2D eigenvalue weighted by molar-refractivity contribution is -0.888. The molecule has 0 aromatic heterocycles. The van der Waals surface area contributed by atoms with Gasteiger partial charge in [0.05, 0.1) is 27.2 Å². The highest BCUT2D eigenvalue weighted by Crippen LogP contribution is 1.96. The lowest BCUT2D eigenvalue weighted by atomic mass is 10.3. The Morgan fingerprint density at radius 2 is 2.13 bits per heavy atom. The number of hydrogen-bond donors (Lipinski definition) is 1. The molecule has 0 radical (unpaired) electrons. The molecule has 0 amide bonds. The predicted molar refractivity (Wildman–Crippen MR) is 56.4 cm³/mol. The third-order valence-electron chi connectivity index (χ3n) is 2.24. The van der Waals surface area contributed by atoms with Gasteiger partial charge >= 0.3 is 5.97 Å². The van der Waals surface area contributed by atoms with Crippen molar-refractivity contribution >= 4 is 5.97 Å². The maximum absolute atomic E-state index is 10.6. The molecule has 90 valence electrons. The topological polar surface area (TPSA) is 38.3 Å². The number of carbonyl (C=O) groups excluding carboxylic acids is 1. The van der Waals surface area contributed by atoms with Crippen LogP contribution in [0.4, 0.5) is 0 Å². The standard InChI is InChI=1S/C10H21N2O2.ClH/c1-5-10(13)14-11-8-7-9-12(3,4)6-2;/h5,11H,1,6-9H2,2-4H3;1H/q+1;/p-1. The van der Waals surface area contributed by atoms with E-state index in [4.69, 9.17) is 0 Å². The van der Waals surface area contributed by atoms with Crippen LogP contribution in [0.3, 0.4) is 0 Å². The van der Waals surface area contributed by atoms with Crippen LogP contribution >= 0.6 is 0 Å². The molecule has 0 saturated carbocycles. The lowest BCUT2D eigenvalue weighted by Gasteiger charge is -2.27. The summed E-state index contributed by atoms with van der Waals surface area (Å²) in [7, 11) is 4.35. The van der Waals surface area contributed by atoms with Crippen LogP contribution in [0.1, 0.15) is 13.3 Å². The average molecular weight is 237 g/mol. The Morgan fingerprint density at radius 1 is 1.53 bits per heavy atom. The molecule has 0 aliphatic heterocycles. The summed E-state index contributed by atoms with van der Waals surface area (Å²) >= 11 is 0. The molecule has 0 fully saturated rings. The van der Waals surface area contributed by atoms with Crippen LogP contribution in [0.5, 0.6) is 0 Å². The summed E-state index contributed by atoms with van der Waals surface area (Å²) < 4.78 is 0.983. The SMILES string of the molecule is C=CC(=O)ONCCC[N+](C)(C)CC.[Cl-]. The number of quaternary nitrogens is 1. The minimum atomic E-state index is -0.436. The summed E-state index contributed by atoms with van der Waals surface area (Å²) in [6.07, 6.45) is 2.12. The van der Waals surface area contributed by atoms with Gasteiger partial charge in [-0.05, 0) is 6.92 Å². The van der Waals surface area contributed by atoms with Gasteiger partial charge in [-0.1, -0.05) is 6.58 Å². The zero-order chi connectivity index (χ0) is 11.0. The Kier molecular flexibility index (Phi) is 9.77. The van der Waals surface area contributed by atoms with Crippen LogP contribution in [0.15, 0.2) is 12.7 Å². The number of nitrogens with one attached hydrogen (secondary N) is 1. The first-order valence-corrected chi connectivity index (χ1v) is 4.90. The quantitative estimate of drug-likeness (QED) is 0.234. The van der Waals surface area contributed by atoms with E-state index in [1.165, 1.54) is 0 Å². The molecule has 0 aromatic carbocycles. The second-order valence-corrected chi connectivity index (χ2v) is 3.85. The first-order chi connectivity index (χ1) is 6.52. The van der Waals surface area contributed by atoms with Crippen molar-refractivity contribution in [3.63, 3.8) is 0 Å². The molecule has 0 atom stereocenters. The van der Waals surface area contributed by atoms with Crippen molar-refractivity contribution in [2.24, 2.45) is 0 Å². The second kappa shape index (κ2) is 8.71. The van der Waals surface area contributed by atoms with E-state index in [-0.39, 0.29) is 12.4 Å². The van der Waals surface area contributed by atoms with E-state index in [1.807, 2.05) is 0 Å². The molecule has 0 bridgehead atoms. The number of rotatable bonds is 7. The van der Waals surface area contributed by atoms with Crippen molar-refractivity contribution in [1.29, 1.82) is 0 Å². The summed E-state index contributed by atoms with van der Waals surface area (Å²) in [6.45, 7) is 8.30. The fourth-order valence-electron chi connectivity index (χ4n) is 0.901. The van der Waals surface area contributed by atoms with E-state index in [1.54, 1.807) is 0 Å². The van der Waals surface area contributed by atoms with Gasteiger partial charge in [0, 0.05) is 19.0 Å². The monoisotopic (exact) mass is 236 g/mol. The summed E-state index contributed by atoms with van der Waals surface area (Å²) in [4.78, 5) is 15.2. The summed E-state index contributed by atoms with van der Waals surface area (Å²) in [5.41, 5.74) is 2.60. The van der Waals surface area contributed by atoms with Crippen LogP contribution in [-0.4, -0.2) is 44.2 Å². The van der Waals surface area contributed by atoms with Gasteiger partial charge in [-0.15, -0.1) is 0 Å². The Labute approximate surface area is 98.2 Å². The molecule has 0 unspecified atom stereocenters. The van der Waals surface area contributed by atoms with Crippen LogP contribution in [0.2, 0.25) is 0 Å². The fraction of sp³-hybridized carbons (Fsp3) is 0.700. The first-order valence-electron chi connectivity index (χ1n) is 4.90. The van der Waals surface area contributed by atoms with Crippen molar-refractivity contribution in [2.45, 2.75) is 13.3 Å². The Balaban J connectivity index is 0. The highest BCUT2D eigenvalue weighted by atomic mass is 35.5. The van der Waals surface area contributed by atoms with Crippen LogP contribution in [0, 0.1) is 0 Å². The summed E-state index contributed by atoms with van der Waals surface area (Å²) in [5.74, 6) is -0.436. The molecule has 15 heavy (non-hydrogen) atoms. The van der Waals surface area contributed by atoms with Crippen LogP contribution in [-0.2, 0) is 9.63 Å². The minimum absolute atomic E-state index is 0. The van der Waals surface area contributed by atoms with Gasteiger partial charge in [0.15, 0.2) is 0 Å². The maximum Gasteiger partial charge on any atom is 0.348 e. The molecule has 4 nitrogen and oxygen atoms in total. The number of carbonyl (C=O) groups is 1. The summed E-state index contributed by atoms with van der Waals surface area (Å²) in [6, 6.07) is 0.